The summed E-state index contributed by atoms with van der Waals surface area (Å²) in [6.07, 6.45) is 0. The van der Waals surface area contributed by atoms with Crippen LogP contribution in [0.4, 0.5) is 0 Å². The predicted molar refractivity (Wildman–Crippen MR) is 62.9 cm³/mol. The average molecular weight is 236 g/mol. The molecule has 0 fully saturated rings. The summed E-state index contributed by atoms with van der Waals surface area (Å²) in [5.74, 6) is 1.50. The molecule has 2 N–H and O–H groups in total. The van der Waals surface area contributed by atoms with Gasteiger partial charge in [-0.25, -0.2) is 0 Å². The molecular weight excluding hydrogens is 220 g/mol. The minimum atomic E-state index is -0.238. The van der Waals surface area contributed by atoms with Gasteiger partial charge in [-0.1, -0.05) is 12.1 Å². The number of para-hydroxylation sites is 1. The van der Waals surface area contributed by atoms with Crippen molar-refractivity contribution in [1.29, 1.82) is 0 Å². The molecule has 1 heterocycles. The number of rotatable bonds is 4. The molecule has 5 nitrogen and oxygen atoms in total. The summed E-state index contributed by atoms with van der Waals surface area (Å²) in [5.41, 5.74) is 0.996. The Morgan fingerprint density at radius 2 is 2.29 bits per heavy atom. The van der Waals surface area contributed by atoms with E-state index in [1.807, 2.05) is 25.1 Å². The maximum Gasteiger partial charge on any atom is 0.236 e. The zero-order valence-corrected chi connectivity index (χ0v) is 9.95. The number of hydrogen-bond acceptors (Lipinski definition) is 4. The highest BCUT2D eigenvalue weighted by molar-refractivity contribution is 5.80. The molecule has 1 unspecified atom stereocenters. The Labute approximate surface area is 100 Å². The lowest BCUT2D eigenvalue weighted by Crippen LogP contribution is -2.40. The summed E-state index contributed by atoms with van der Waals surface area (Å²) in [6.45, 7) is 2.65. The number of nitrogens with one attached hydrogen (secondary N) is 2. The van der Waals surface area contributed by atoms with Gasteiger partial charge in [-0.15, -0.1) is 0 Å². The molecule has 1 aromatic carbocycles. The number of ether oxygens (including phenoxy) is 2. The van der Waals surface area contributed by atoms with Gasteiger partial charge in [0.2, 0.25) is 12.7 Å². The topological polar surface area (TPSA) is 59.6 Å². The Kier molecular flexibility index (Phi) is 3.49. The first-order valence-electron chi connectivity index (χ1n) is 5.55. The zero-order valence-electron chi connectivity index (χ0n) is 9.95. The highest BCUT2D eigenvalue weighted by atomic mass is 16.7. The van der Waals surface area contributed by atoms with Crippen molar-refractivity contribution in [2.75, 3.05) is 13.8 Å². The van der Waals surface area contributed by atoms with Crippen LogP contribution in [0.5, 0.6) is 11.5 Å². The molecule has 0 spiro atoms. The molecule has 0 aromatic heterocycles. The van der Waals surface area contributed by atoms with Crippen molar-refractivity contribution in [3.63, 3.8) is 0 Å². The monoisotopic (exact) mass is 236 g/mol. The number of benzene rings is 1. The fraction of sp³-hybridized carbons (Fsp3) is 0.417. The molecule has 5 heteroatoms. The van der Waals surface area contributed by atoms with Crippen LogP contribution in [0.2, 0.25) is 0 Å². The summed E-state index contributed by atoms with van der Waals surface area (Å²) in [5, 5.41) is 5.73. The van der Waals surface area contributed by atoms with Crippen molar-refractivity contribution in [1.82, 2.24) is 10.6 Å². The lowest BCUT2D eigenvalue weighted by molar-refractivity contribution is -0.122. The third-order valence-electron chi connectivity index (χ3n) is 2.72. The van der Waals surface area contributed by atoms with E-state index in [-0.39, 0.29) is 18.7 Å². The van der Waals surface area contributed by atoms with Gasteiger partial charge in [0.1, 0.15) is 0 Å². The van der Waals surface area contributed by atoms with Crippen molar-refractivity contribution < 1.29 is 14.3 Å². The molecule has 92 valence electrons. The average Bonchev–Trinajstić information content (AvgIpc) is 2.83. The minimum absolute atomic E-state index is 0.0326. The van der Waals surface area contributed by atoms with Crippen molar-refractivity contribution in [2.24, 2.45) is 0 Å². The van der Waals surface area contributed by atoms with E-state index in [1.165, 1.54) is 0 Å². The van der Waals surface area contributed by atoms with E-state index in [9.17, 15) is 4.79 Å². The number of carbonyl (C=O) groups is 1. The largest absolute Gasteiger partial charge is 0.454 e. The number of likely N-dealkylation sites (N-methyl/N-ethyl adjacent to an activating group) is 1. The number of fused-ring (bicyclic) bond motifs is 1. The van der Waals surface area contributed by atoms with Gasteiger partial charge in [0.05, 0.1) is 6.04 Å². The Bertz CT molecular complexity index is 420. The van der Waals surface area contributed by atoms with Crippen LogP contribution in [0.15, 0.2) is 18.2 Å². The van der Waals surface area contributed by atoms with Crippen molar-refractivity contribution in [3.05, 3.63) is 23.8 Å². The second kappa shape index (κ2) is 5.05. The highest BCUT2D eigenvalue weighted by Crippen LogP contribution is 2.35. The van der Waals surface area contributed by atoms with E-state index >= 15 is 0 Å². The predicted octanol–water partition coefficient (Wildman–Crippen LogP) is 0.639. The van der Waals surface area contributed by atoms with Gasteiger partial charge in [-0.05, 0) is 13.0 Å². The Balaban J connectivity index is 2.00. The molecule has 0 aliphatic carbocycles. The normalized spacial score (nSPS) is 14.5. The second-order valence-electron chi connectivity index (χ2n) is 3.87. The van der Waals surface area contributed by atoms with E-state index in [0.29, 0.717) is 6.54 Å². The van der Waals surface area contributed by atoms with Gasteiger partial charge in [0, 0.05) is 19.2 Å². The molecule has 1 aliphatic rings. The quantitative estimate of drug-likeness (QED) is 0.805. The summed E-state index contributed by atoms with van der Waals surface area (Å²) >= 11 is 0. The number of carbonyl (C=O) groups excluding carboxylic acids is 1. The Morgan fingerprint density at radius 3 is 3.06 bits per heavy atom. The van der Waals surface area contributed by atoms with Gasteiger partial charge in [0.15, 0.2) is 11.5 Å². The van der Waals surface area contributed by atoms with Crippen LogP contribution < -0.4 is 20.1 Å². The summed E-state index contributed by atoms with van der Waals surface area (Å²) in [6, 6.07) is 5.50. The molecule has 17 heavy (non-hydrogen) atoms. The van der Waals surface area contributed by atoms with E-state index in [1.54, 1.807) is 7.05 Å². The summed E-state index contributed by atoms with van der Waals surface area (Å²) in [4.78, 5) is 11.3. The Morgan fingerprint density at radius 1 is 1.47 bits per heavy atom. The standard InChI is InChI=1S/C12H16N2O3/c1-8(12(15)13-2)14-6-9-4-3-5-10-11(9)17-7-16-10/h3-5,8,14H,6-7H2,1-2H3,(H,13,15). The molecule has 0 saturated heterocycles. The second-order valence-corrected chi connectivity index (χ2v) is 3.87. The summed E-state index contributed by atoms with van der Waals surface area (Å²) < 4.78 is 10.7. The SMILES string of the molecule is CNC(=O)C(C)NCc1cccc2c1OCO2. The first kappa shape index (κ1) is 11.7. The maximum absolute atomic E-state index is 11.3. The molecular formula is C12H16N2O3. The zero-order chi connectivity index (χ0) is 12.3. The van der Waals surface area contributed by atoms with Crippen LogP contribution >= 0.6 is 0 Å². The van der Waals surface area contributed by atoms with Crippen LogP contribution in [0, 0.1) is 0 Å². The van der Waals surface area contributed by atoms with E-state index in [4.69, 9.17) is 9.47 Å². The van der Waals surface area contributed by atoms with Gasteiger partial charge >= 0.3 is 0 Å². The molecule has 0 saturated carbocycles. The van der Waals surface area contributed by atoms with E-state index in [2.05, 4.69) is 10.6 Å². The third kappa shape index (κ3) is 2.50. The van der Waals surface area contributed by atoms with Gasteiger partial charge in [-0.2, -0.15) is 0 Å². The highest BCUT2D eigenvalue weighted by Gasteiger charge is 2.18. The molecule has 1 atom stereocenters. The number of hydrogen-bond donors (Lipinski definition) is 2. The van der Waals surface area contributed by atoms with Crippen LogP contribution in [0.3, 0.4) is 0 Å². The van der Waals surface area contributed by atoms with Gasteiger partial charge in [0.25, 0.3) is 0 Å². The Hall–Kier alpha value is -1.75. The van der Waals surface area contributed by atoms with Crippen molar-refractivity contribution in [3.8, 4) is 11.5 Å². The smallest absolute Gasteiger partial charge is 0.236 e. The molecule has 2 rings (SSSR count). The van der Waals surface area contributed by atoms with E-state index in [0.717, 1.165) is 17.1 Å². The van der Waals surface area contributed by atoms with Crippen LogP contribution in [-0.2, 0) is 11.3 Å². The van der Waals surface area contributed by atoms with Crippen LogP contribution in [0.25, 0.3) is 0 Å². The number of amides is 1. The maximum atomic E-state index is 11.3. The lowest BCUT2D eigenvalue weighted by Gasteiger charge is -2.13. The van der Waals surface area contributed by atoms with Crippen molar-refractivity contribution in [2.45, 2.75) is 19.5 Å². The fourth-order valence-electron chi connectivity index (χ4n) is 1.70. The molecule has 1 aromatic rings. The fourth-order valence-corrected chi connectivity index (χ4v) is 1.70. The minimum Gasteiger partial charge on any atom is -0.454 e. The van der Waals surface area contributed by atoms with Gasteiger partial charge in [-0.3, -0.25) is 4.79 Å². The van der Waals surface area contributed by atoms with Crippen LogP contribution in [-0.4, -0.2) is 25.8 Å². The van der Waals surface area contributed by atoms with Gasteiger partial charge < -0.3 is 20.1 Å². The van der Waals surface area contributed by atoms with Crippen molar-refractivity contribution >= 4 is 5.91 Å². The first-order valence-corrected chi connectivity index (χ1v) is 5.55. The molecule has 0 radical (unpaired) electrons. The van der Waals surface area contributed by atoms with E-state index < -0.39 is 0 Å². The molecule has 1 aliphatic heterocycles. The third-order valence-corrected chi connectivity index (χ3v) is 2.72. The molecule has 1 amide bonds. The first-order chi connectivity index (χ1) is 8.22. The van der Waals surface area contributed by atoms with Crippen LogP contribution in [0.1, 0.15) is 12.5 Å². The molecule has 0 bridgehead atoms. The summed E-state index contributed by atoms with van der Waals surface area (Å²) in [7, 11) is 1.62. The lowest BCUT2D eigenvalue weighted by atomic mass is 10.1.